The Bertz CT molecular complexity index is 379. The fourth-order valence-electron chi connectivity index (χ4n) is 1.62. The van der Waals surface area contributed by atoms with Crippen LogP contribution in [-0.2, 0) is 28.6 Å². The van der Waals surface area contributed by atoms with Gasteiger partial charge in [0.2, 0.25) is 6.29 Å². The Balaban J connectivity index is 2.95. The second kappa shape index (κ2) is 5.95. The van der Waals surface area contributed by atoms with E-state index in [2.05, 4.69) is 9.47 Å². The van der Waals surface area contributed by atoms with Crippen LogP contribution in [0.15, 0.2) is 0 Å². The first-order chi connectivity index (χ1) is 8.73. The van der Waals surface area contributed by atoms with Gasteiger partial charge in [0.1, 0.15) is 12.2 Å². The van der Waals surface area contributed by atoms with Crippen molar-refractivity contribution >= 4 is 17.9 Å². The third-order valence-electron chi connectivity index (χ3n) is 2.37. The minimum Gasteiger partial charge on any atom is -0.479 e. The maximum absolute atomic E-state index is 10.9. The smallest absolute Gasteiger partial charge is 0.335 e. The number of carbonyl (C=O) groups excluding carboxylic acids is 2. The molecule has 0 aromatic carbocycles. The fraction of sp³-hybridized carbons (Fsp3) is 0.700. The lowest BCUT2D eigenvalue weighted by atomic mass is 9.99. The highest BCUT2D eigenvalue weighted by Crippen LogP contribution is 2.25. The topological polar surface area (TPSA) is 140 Å². The summed E-state index contributed by atoms with van der Waals surface area (Å²) in [7, 11) is 0. The molecule has 108 valence electrons. The number of ether oxygens (including phenoxy) is 3. The zero-order chi connectivity index (χ0) is 14.7. The van der Waals surface area contributed by atoms with E-state index >= 15 is 0 Å². The molecule has 1 saturated heterocycles. The van der Waals surface area contributed by atoms with Crippen LogP contribution in [0, 0.1) is 0 Å². The van der Waals surface area contributed by atoms with Crippen molar-refractivity contribution in [3.05, 3.63) is 0 Å². The van der Waals surface area contributed by atoms with Gasteiger partial charge < -0.3 is 29.5 Å². The van der Waals surface area contributed by atoms with Crippen LogP contribution < -0.4 is 0 Å². The number of carboxylic acid groups (broad SMARTS) is 1. The average molecular weight is 278 g/mol. The minimum atomic E-state index is -1.83. The van der Waals surface area contributed by atoms with Crippen LogP contribution in [0.1, 0.15) is 13.8 Å². The van der Waals surface area contributed by atoms with Gasteiger partial charge in [-0.25, -0.2) is 4.79 Å². The van der Waals surface area contributed by atoms with Gasteiger partial charge in [0.25, 0.3) is 0 Å². The molecule has 0 spiro atoms. The molecule has 5 atom stereocenters. The first kappa shape index (κ1) is 15.3. The van der Waals surface area contributed by atoms with E-state index < -0.39 is 48.6 Å². The quantitative estimate of drug-likeness (QED) is 0.500. The lowest BCUT2D eigenvalue weighted by molar-refractivity contribution is -0.289. The molecule has 19 heavy (non-hydrogen) atoms. The first-order valence-electron chi connectivity index (χ1n) is 5.33. The van der Waals surface area contributed by atoms with Crippen LogP contribution in [0.5, 0.6) is 0 Å². The van der Waals surface area contributed by atoms with Gasteiger partial charge in [-0.2, -0.15) is 0 Å². The number of rotatable bonds is 3. The number of carbonyl (C=O) groups is 3. The molecule has 1 rings (SSSR count). The molecule has 1 heterocycles. The van der Waals surface area contributed by atoms with Gasteiger partial charge in [0.05, 0.1) is 0 Å². The third kappa shape index (κ3) is 3.63. The Labute approximate surface area is 107 Å². The van der Waals surface area contributed by atoms with E-state index in [0.717, 1.165) is 13.8 Å². The monoisotopic (exact) mass is 278 g/mol. The van der Waals surface area contributed by atoms with Crippen LogP contribution in [0.2, 0.25) is 0 Å². The summed E-state index contributed by atoms with van der Waals surface area (Å²) in [5, 5.41) is 28.1. The molecule has 3 N–H and O–H groups in total. The van der Waals surface area contributed by atoms with Gasteiger partial charge in [-0.1, -0.05) is 0 Å². The Morgan fingerprint density at radius 3 is 1.95 bits per heavy atom. The average Bonchev–Trinajstić information content (AvgIpc) is 2.27. The summed E-state index contributed by atoms with van der Waals surface area (Å²) in [6.07, 6.45) is -8.50. The zero-order valence-electron chi connectivity index (χ0n) is 10.2. The molecule has 0 aromatic rings. The van der Waals surface area contributed by atoms with Crippen molar-refractivity contribution < 1.29 is 43.9 Å². The number of aliphatic carboxylic acids is 1. The second-order valence-corrected chi connectivity index (χ2v) is 3.93. The molecular formula is C10H14O9. The van der Waals surface area contributed by atoms with E-state index in [1.807, 2.05) is 0 Å². The summed E-state index contributed by atoms with van der Waals surface area (Å²) in [4.78, 5) is 32.6. The highest BCUT2D eigenvalue weighted by molar-refractivity contribution is 5.73. The van der Waals surface area contributed by atoms with Crippen LogP contribution in [0.3, 0.4) is 0 Å². The van der Waals surface area contributed by atoms with Gasteiger partial charge >= 0.3 is 17.9 Å². The van der Waals surface area contributed by atoms with Crippen LogP contribution in [-0.4, -0.2) is 63.9 Å². The summed E-state index contributed by atoms with van der Waals surface area (Å²) in [6.45, 7) is 2.06. The molecule has 0 aliphatic carbocycles. The molecule has 0 saturated carbocycles. The highest BCUT2D eigenvalue weighted by Gasteiger charge is 2.50. The minimum absolute atomic E-state index is 0.814. The van der Waals surface area contributed by atoms with E-state index in [-0.39, 0.29) is 0 Å². The molecule has 9 heteroatoms. The summed E-state index contributed by atoms with van der Waals surface area (Å²) in [5.74, 6) is -3.19. The van der Waals surface area contributed by atoms with Crippen molar-refractivity contribution in [2.24, 2.45) is 0 Å². The molecular weight excluding hydrogens is 264 g/mol. The van der Waals surface area contributed by atoms with Crippen molar-refractivity contribution in [3.8, 4) is 0 Å². The number of aliphatic hydroxyl groups excluding tert-OH is 2. The third-order valence-corrected chi connectivity index (χ3v) is 2.37. The summed E-state index contributed by atoms with van der Waals surface area (Å²) >= 11 is 0. The Kier molecular flexibility index (Phi) is 4.81. The molecule has 9 nitrogen and oxygen atoms in total. The highest BCUT2D eigenvalue weighted by atomic mass is 16.7. The lowest BCUT2D eigenvalue weighted by Crippen LogP contribution is -2.61. The van der Waals surface area contributed by atoms with Gasteiger partial charge in [-0.3, -0.25) is 9.59 Å². The summed E-state index contributed by atoms with van der Waals surface area (Å²) in [6, 6.07) is 0. The Morgan fingerprint density at radius 2 is 1.53 bits per heavy atom. The first-order valence-corrected chi connectivity index (χ1v) is 5.33. The maximum Gasteiger partial charge on any atom is 0.335 e. The normalized spacial score (nSPS) is 34.4. The molecule has 1 fully saturated rings. The van der Waals surface area contributed by atoms with Crippen LogP contribution in [0.25, 0.3) is 0 Å². The molecule has 1 unspecified atom stereocenters. The van der Waals surface area contributed by atoms with Crippen molar-refractivity contribution in [2.45, 2.75) is 44.6 Å². The van der Waals surface area contributed by atoms with Crippen molar-refractivity contribution in [1.82, 2.24) is 0 Å². The largest absolute Gasteiger partial charge is 0.479 e. The lowest BCUT2D eigenvalue weighted by Gasteiger charge is -2.39. The van der Waals surface area contributed by atoms with Crippen molar-refractivity contribution in [3.63, 3.8) is 0 Å². The summed E-state index contributed by atoms with van der Waals surface area (Å²) < 4.78 is 14.1. The van der Waals surface area contributed by atoms with Gasteiger partial charge in [0, 0.05) is 13.8 Å². The van der Waals surface area contributed by atoms with Crippen molar-refractivity contribution in [1.29, 1.82) is 0 Å². The van der Waals surface area contributed by atoms with E-state index in [4.69, 9.17) is 9.84 Å². The van der Waals surface area contributed by atoms with Gasteiger partial charge in [-0.15, -0.1) is 0 Å². The predicted molar refractivity (Wildman–Crippen MR) is 55.6 cm³/mol. The van der Waals surface area contributed by atoms with E-state index in [1.165, 1.54) is 0 Å². The number of hydrogen-bond acceptors (Lipinski definition) is 8. The van der Waals surface area contributed by atoms with Crippen LogP contribution >= 0.6 is 0 Å². The van der Waals surface area contributed by atoms with E-state index in [1.54, 1.807) is 0 Å². The number of esters is 2. The predicted octanol–water partition coefficient (Wildman–Crippen LogP) is -1.99. The molecule has 0 radical (unpaired) electrons. The van der Waals surface area contributed by atoms with Gasteiger partial charge in [-0.05, 0) is 0 Å². The Hall–Kier alpha value is -1.71. The fourth-order valence-corrected chi connectivity index (χ4v) is 1.62. The van der Waals surface area contributed by atoms with E-state index in [9.17, 15) is 24.6 Å². The molecule has 1 aliphatic rings. The second-order valence-electron chi connectivity index (χ2n) is 3.93. The summed E-state index contributed by atoms with van der Waals surface area (Å²) in [5.41, 5.74) is 0. The number of carboxylic acids is 1. The maximum atomic E-state index is 10.9. The molecule has 0 bridgehead atoms. The molecule has 0 amide bonds. The van der Waals surface area contributed by atoms with E-state index in [0.29, 0.717) is 0 Å². The number of hydrogen-bond donors (Lipinski definition) is 3. The molecule has 1 aliphatic heterocycles. The number of aliphatic hydroxyl groups is 2. The van der Waals surface area contributed by atoms with Crippen LogP contribution in [0.4, 0.5) is 0 Å². The molecule has 0 aromatic heterocycles. The van der Waals surface area contributed by atoms with Crippen molar-refractivity contribution in [2.75, 3.05) is 0 Å². The zero-order valence-corrected chi connectivity index (χ0v) is 10.2. The Morgan fingerprint density at radius 1 is 1.00 bits per heavy atom. The van der Waals surface area contributed by atoms with Gasteiger partial charge in [0.15, 0.2) is 12.2 Å². The standard InChI is InChI=1S/C10H14O9/c1-3(11)17-8-6(14)5(13)7(9(15)16)19-10(8)18-4(2)12/h5-8,10,13-14H,1-2H3,(H,15,16)/t5-,6-,7-,8+,10?/m0/s1. The SMILES string of the molecule is CC(=O)OC1O[C@H](C(=O)O)[C@@H](O)[C@H](O)[C@H]1OC(C)=O.